The molecule has 100 valence electrons. The number of fused-ring (bicyclic) bond motifs is 3. The molecule has 1 fully saturated rings. The van der Waals surface area contributed by atoms with Crippen molar-refractivity contribution in [1.29, 1.82) is 0 Å². The van der Waals surface area contributed by atoms with Gasteiger partial charge in [-0.05, 0) is 37.0 Å². The van der Waals surface area contributed by atoms with E-state index in [4.69, 9.17) is 5.73 Å². The molecule has 4 rings (SSSR count). The van der Waals surface area contributed by atoms with Gasteiger partial charge in [-0.1, -0.05) is 24.3 Å². The molecule has 3 nitrogen and oxygen atoms in total. The van der Waals surface area contributed by atoms with Crippen LogP contribution in [-0.2, 0) is 6.54 Å². The molecular formula is C17H16N2O. The summed E-state index contributed by atoms with van der Waals surface area (Å²) in [5.74, 6) is 0.427. The van der Waals surface area contributed by atoms with E-state index in [-0.39, 0.29) is 5.91 Å². The first-order valence-electron chi connectivity index (χ1n) is 7.05. The summed E-state index contributed by atoms with van der Waals surface area (Å²) in [6.07, 6.45) is 2.62. The molecule has 1 amide bonds. The molecule has 1 heterocycles. The highest BCUT2D eigenvalue weighted by Crippen LogP contribution is 2.36. The average Bonchev–Trinajstić information content (AvgIpc) is 3.22. The van der Waals surface area contributed by atoms with Gasteiger partial charge in [0, 0.05) is 33.9 Å². The second kappa shape index (κ2) is 4.10. The molecule has 0 bridgehead atoms. The summed E-state index contributed by atoms with van der Waals surface area (Å²) >= 11 is 0. The number of hydrogen-bond donors (Lipinski definition) is 1. The minimum atomic E-state index is -0.357. The molecule has 2 N–H and O–H groups in total. The van der Waals surface area contributed by atoms with Crippen molar-refractivity contribution in [3.63, 3.8) is 0 Å². The summed E-state index contributed by atoms with van der Waals surface area (Å²) in [5.41, 5.74) is 8.48. The Morgan fingerprint density at radius 3 is 2.60 bits per heavy atom. The number of amides is 1. The van der Waals surface area contributed by atoms with Crippen molar-refractivity contribution < 1.29 is 4.79 Å². The Kier molecular flexibility index (Phi) is 2.36. The number of nitrogens with zero attached hydrogens (tertiary/aromatic N) is 1. The van der Waals surface area contributed by atoms with Gasteiger partial charge in [0.15, 0.2) is 0 Å². The van der Waals surface area contributed by atoms with Gasteiger partial charge in [0.05, 0.1) is 0 Å². The van der Waals surface area contributed by atoms with Crippen LogP contribution in [0.2, 0.25) is 0 Å². The van der Waals surface area contributed by atoms with Crippen LogP contribution in [0, 0.1) is 5.92 Å². The number of para-hydroxylation sites is 1. The summed E-state index contributed by atoms with van der Waals surface area (Å²) in [7, 11) is 0. The summed E-state index contributed by atoms with van der Waals surface area (Å²) in [4.78, 5) is 11.7. The van der Waals surface area contributed by atoms with Crippen LogP contribution in [0.1, 0.15) is 23.2 Å². The number of rotatable bonds is 3. The number of carbonyl (C=O) groups excluding carboxylic acids is 1. The van der Waals surface area contributed by atoms with Gasteiger partial charge in [-0.2, -0.15) is 0 Å². The maximum Gasteiger partial charge on any atom is 0.249 e. The van der Waals surface area contributed by atoms with Gasteiger partial charge in [-0.3, -0.25) is 4.79 Å². The highest BCUT2D eigenvalue weighted by molar-refractivity contribution is 6.17. The van der Waals surface area contributed by atoms with Crippen LogP contribution >= 0.6 is 0 Å². The van der Waals surface area contributed by atoms with Gasteiger partial charge in [0.25, 0.3) is 0 Å². The lowest BCUT2D eigenvalue weighted by Crippen LogP contribution is -2.11. The van der Waals surface area contributed by atoms with Crippen molar-refractivity contribution in [3.05, 3.63) is 48.0 Å². The quantitative estimate of drug-likeness (QED) is 0.775. The Morgan fingerprint density at radius 1 is 1.10 bits per heavy atom. The van der Waals surface area contributed by atoms with E-state index in [2.05, 4.69) is 28.8 Å². The SMILES string of the molecule is NC(=O)c1cccc2c1c1ccccc1n2CC1CC1. The predicted molar refractivity (Wildman–Crippen MR) is 80.7 cm³/mol. The zero-order valence-corrected chi connectivity index (χ0v) is 11.2. The highest BCUT2D eigenvalue weighted by atomic mass is 16.1. The smallest absolute Gasteiger partial charge is 0.249 e. The molecular weight excluding hydrogens is 248 g/mol. The number of benzene rings is 2. The van der Waals surface area contributed by atoms with Gasteiger partial charge in [0.1, 0.15) is 0 Å². The van der Waals surface area contributed by atoms with E-state index in [1.165, 1.54) is 18.4 Å². The molecule has 20 heavy (non-hydrogen) atoms. The second-order valence-corrected chi connectivity index (χ2v) is 5.64. The van der Waals surface area contributed by atoms with Gasteiger partial charge in [-0.25, -0.2) is 0 Å². The van der Waals surface area contributed by atoms with Crippen LogP contribution in [0.4, 0.5) is 0 Å². The Bertz CT molecular complexity index is 827. The molecule has 0 saturated heterocycles. The normalized spacial score (nSPS) is 15.0. The zero-order valence-electron chi connectivity index (χ0n) is 11.2. The molecule has 3 aromatic rings. The number of nitrogens with two attached hydrogens (primary N) is 1. The van der Waals surface area contributed by atoms with Crippen molar-refractivity contribution in [2.75, 3.05) is 0 Å². The van der Waals surface area contributed by atoms with Crippen LogP contribution in [0.25, 0.3) is 21.8 Å². The lowest BCUT2D eigenvalue weighted by Gasteiger charge is -2.06. The van der Waals surface area contributed by atoms with Crippen molar-refractivity contribution >= 4 is 27.7 Å². The van der Waals surface area contributed by atoms with E-state index < -0.39 is 0 Å². The largest absolute Gasteiger partial charge is 0.366 e. The molecule has 0 atom stereocenters. The third-order valence-electron chi connectivity index (χ3n) is 4.20. The maximum absolute atomic E-state index is 11.7. The van der Waals surface area contributed by atoms with Gasteiger partial charge >= 0.3 is 0 Å². The predicted octanol–water partition coefficient (Wildman–Crippen LogP) is 3.30. The van der Waals surface area contributed by atoms with Crippen molar-refractivity contribution in [2.45, 2.75) is 19.4 Å². The van der Waals surface area contributed by atoms with Gasteiger partial charge in [0.2, 0.25) is 5.91 Å². The van der Waals surface area contributed by atoms with Crippen molar-refractivity contribution in [3.8, 4) is 0 Å². The monoisotopic (exact) mass is 264 g/mol. The number of carbonyl (C=O) groups is 1. The van der Waals surface area contributed by atoms with E-state index >= 15 is 0 Å². The topological polar surface area (TPSA) is 48.0 Å². The van der Waals surface area contributed by atoms with Crippen LogP contribution in [-0.4, -0.2) is 10.5 Å². The Morgan fingerprint density at radius 2 is 1.85 bits per heavy atom. The van der Waals surface area contributed by atoms with Gasteiger partial charge < -0.3 is 10.3 Å². The summed E-state index contributed by atoms with van der Waals surface area (Å²) in [6, 6.07) is 14.1. The van der Waals surface area contributed by atoms with E-state index in [0.29, 0.717) is 5.56 Å². The van der Waals surface area contributed by atoms with Crippen LogP contribution in [0.15, 0.2) is 42.5 Å². The van der Waals surface area contributed by atoms with Gasteiger partial charge in [-0.15, -0.1) is 0 Å². The van der Waals surface area contributed by atoms with E-state index in [0.717, 1.165) is 28.8 Å². The Hall–Kier alpha value is -2.29. The van der Waals surface area contributed by atoms with Crippen LogP contribution < -0.4 is 5.73 Å². The minimum Gasteiger partial charge on any atom is -0.366 e. The molecule has 1 aromatic heterocycles. The molecule has 1 saturated carbocycles. The second-order valence-electron chi connectivity index (χ2n) is 5.64. The highest BCUT2D eigenvalue weighted by Gasteiger charge is 2.24. The summed E-state index contributed by atoms with van der Waals surface area (Å²) < 4.78 is 2.34. The first-order chi connectivity index (χ1) is 9.75. The lowest BCUT2D eigenvalue weighted by molar-refractivity contribution is 0.100. The van der Waals surface area contributed by atoms with E-state index in [1.807, 2.05) is 18.2 Å². The van der Waals surface area contributed by atoms with Crippen LogP contribution in [0.3, 0.4) is 0 Å². The molecule has 0 radical (unpaired) electrons. The molecule has 0 spiro atoms. The standard InChI is InChI=1S/C17H16N2O/c18-17(20)13-5-3-7-15-16(13)12-4-1-2-6-14(12)19(15)10-11-8-9-11/h1-7,11H,8-10H2,(H2,18,20). The lowest BCUT2D eigenvalue weighted by atomic mass is 10.1. The Balaban J connectivity index is 2.13. The molecule has 1 aliphatic rings. The van der Waals surface area contributed by atoms with E-state index in [1.54, 1.807) is 0 Å². The fourth-order valence-corrected chi connectivity index (χ4v) is 3.06. The van der Waals surface area contributed by atoms with Crippen molar-refractivity contribution in [1.82, 2.24) is 4.57 Å². The number of primary amides is 1. The third-order valence-corrected chi connectivity index (χ3v) is 4.20. The van der Waals surface area contributed by atoms with E-state index in [9.17, 15) is 4.79 Å². The number of hydrogen-bond acceptors (Lipinski definition) is 1. The fraction of sp³-hybridized carbons (Fsp3) is 0.235. The maximum atomic E-state index is 11.7. The average molecular weight is 264 g/mol. The molecule has 3 heteroatoms. The summed E-state index contributed by atoms with van der Waals surface area (Å²) in [5, 5.41) is 2.12. The minimum absolute atomic E-state index is 0.357. The first kappa shape index (κ1) is 11.5. The fourth-order valence-electron chi connectivity index (χ4n) is 3.06. The Labute approximate surface area is 117 Å². The van der Waals surface area contributed by atoms with Crippen molar-refractivity contribution in [2.24, 2.45) is 11.7 Å². The molecule has 0 unspecified atom stereocenters. The number of aromatic nitrogens is 1. The molecule has 0 aliphatic heterocycles. The summed E-state index contributed by atoms with van der Waals surface area (Å²) in [6.45, 7) is 1.03. The first-order valence-corrected chi connectivity index (χ1v) is 7.05. The zero-order chi connectivity index (χ0) is 13.7. The third kappa shape index (κ3) is 1.63. The van der Waals surface area contributed by atoms with Crippen LogP contribution in [0.5, 0.6) is 0 Å². The molecule has 2 aromatic carbocycles. The molecule has 1 aliphatic carbocycles.